The van der Waals surface area contributed by atoms with Gasteiger partial charge in [0.25, 0.3) is 0 Å². The van der Waals surface area contributed by atoms with Crippen molar-refractivity contribution in [2.45, 2.75) is 24.9 Å². The Labute approximate surface area is 137 Å². The normalized spacial score (nSPS) is 26.5. The molecule has 0 saturated carbocycles. The summed E-state index contributed by atoms with van der Waals surface area (Å²) in [5.74, 6) is 0.990. The SMILES string of the molecule is C(=C\c1ccccn1)/c1ccc(O[C@@]23CCCN(CC2)C3)cc1. The molecule has 2 aliphatic rings. The number of benzene rings is 1. The molecule has 0 spiro atoms. The summed E-state index contributed by atoms with van der Waals surface area (Å²) in [6.45, 7) is 3.52. The molecule has 2 saturated heterocycles. The van der Waals surface area contributed by atoms with Crippen molar-refractivity contribution in [1.29, 1.82) is 0 Å². The van der Waals surface area contributed by atoms with E-state index in [1.807, 2.05) is 30.5 Å². The molecule has 0 amide bonds. The highest BCUT2D eigenvalue weighted by atomic mass is 16.5. The van der Waals surface area contributed by atoms with E-state index >= 15 is 0 Å². The Morgan fingerprint density at radius 3 is 2.74 bits per heavy atom. The summed E-state index contributed by atoms with van der Waals surface area (Å²) in [4.78, 5) is 6.82. The zero-order valence-corrected chi connectivity index (χ0v) is 13.3. The van der Waals surface area contributed by atoms with Crippen LogP contribution in [0.1, 0.15) is 30.5 Å². The van der Waals surface area contributed by atoms with Gasteiger partial charge in [0.05, 0.1) is 5.69 Å². The first kappa shape index (κ1) is 14.5. The molecule has 3 heteroatoms. The lowest BCUT2D eigenvalue weighted by Crippen LogP contribution is -2.43. The standard InChI is InChI=1S/C20H22N2O/c1-2-13-21-18(4-1)8-5-17-6-9-19(10-7-17)23-20-11-3-14-22(16-20)15-12-20/h1-2,4-10,13H,3,11-12,14-16H2/b8-5+/t20-/m0/s1. The third kappa shape index (κ3) is 3.30. The quantitative estimate of drug-likeness (QED) is 0.857. The number of hydrogen-bond donors (Lipinski definition) is 0. The molecule has 2 atom stereocenters. The Balaban J connectivity index is 1.43. The molecule has 0 radical (unpaired) electrons. The van der Waals surface area contributed by atoms with Crippen molar-refractivity contribution in [3.05, 3.63) is 59.9 Å². The maximum Gasteiger partial charge on any atom is 0.123 e. The predicted octanol–water partition coefficient (Wildman–Crippen LogP) is 3.87. The van der Waals surface area contributed by atoms with Crippen molar-refractivity contribution in [2.75, 3.05) is 19.6 Å². The first-order chi connectivity index (χ1) is 11.3. The summed E-state index contributed by atoms with van der Waals surface area (Å²) in [5.41, 5.74) is 2.20. The Kier molecular flexibility index (Phi) is 3.88. The first-order valence-corrected chi connectivity index (χ1v) is 8.42. The highest BCUT2D eigenvalue weighted by Gasteiger charge is 2.42. The number of nitrogens with zero attached hydrogens (tertiary/aromatic N) is 2. The second-order valence-electron chi connectivity index (χ2n) is 6.57. The van der Waals surface area contributed by atoms with E-state index in [2.05, 4.69) is 40.2 Å². The molecule has 0 N–H and O–H groups in total. The Morgan fingerprint density at radius 2 is 1.91 bits per heavy atom. The van der Waals surface area contributed by atoms with E-state index in [-0.39, 0.29) is 5.60 Å². The fourth-order valence-electron chi connectivity index (χ4n) is 3.63. The van der Waals surface area contributed by atoms with Gasteiger partial charge in [-0.2, -0.15) is 0 Å². The van der Waals surface area contributed by atoms with Crippen molar-refractivity contribution < 1.29 is 4.74 Å². The summed E-state index contributed by atoms with van der Waals surface area (Å²) in [6.07, 6.45) is 9.53. The minimum absolute atomic E-state index is 0.0591. The fourth-order valence-corrected chi connectivity index (χ4v) is 3.63. The number of ether oxygens (including phenoxy) is 1. The molecule has 2 aliphatic heterocycles. The predicted molar refractivity (Wildman–Crippen MR) is 93.3 cm³/mol. The highest BCUT2D eigenvalue weighted by Crippen LogP contribution is 2.35. The molecule has 4 rings (SSSR count). The van der Waals surface area contributed by atoms with Gasteiger partial charge >= 0.3 is 0 Å². The minimum Gasteiger partial charge on any atom is -0.486 e. The number of hydrogen-bond acceptors (Lipinski definition) is 3. The Hall–Kier alpha value is -2.13. The zero-order chi connectivity index (χ0) is 15.5. The average Bonchev–Trinajstić information content (AvgIpc) is 2.89. The number of piperidine rings is 1. The van der Waals surface area contributed by atoms with Gasteiger partial charge in [0.2, 0.25) is 0 Å². The van der Waals surface area contributed by atoms with E-state index in [4.69, 9.17) is 4.74 Å². The molecule has 2 aromatic rings. The number of aromatic nitrogens is 1. The smallest absolute Gasteiger partial charge is 0.123 e. The monoisotopic (exact) mass is 306 g/mol. The second kappa shape index (κ2) is 6.17. The summed E-state index contributed by atoms with van der Waals surface area (Å²) < 4.78 is 6.37. The van der Waals surface area contributed by atoms with Crippen molar-refractivity contribution >= 4 is 12.2 Å². The van der Waals surface area contributed by atoms with E-state index in [0.29, 0.717) is 0 Å². The van der Waals surface area contributed by atoms with Gasteiger partial charge in [-0.05, 0) is 55.3 Å². The van der Waals surface area contributed by atoms with Crippen LogP contribution in [0.15, 0.2) is 48.7 Å². The lowest BCUT2D eigenvalue weighted by Gasteiger charge is -2.34. The topological polar surface area (TPSA) is 25.4 Å². The maximum atomic E-state index is 6.37. The summed E-state index contributed by atoms with van der Waals surface area (Å²) >= 11 is 0. The van der Waals surface area contributed by atoms with Crippen LogP contribution in [0, 0.1) is 0 Å². The number of pyridine rings is 1. The molecular weight excluding hydrogens is 284 g/mol. The third-order valence-electron chi connectivity index (χ3n) is 4.85. The lowest BCUT2D eigenvalue weighted by molar-refractivity contribution is 0.0453. The Bertz CT molecular complexity index is 677. The maximum absolute atomic E-state index is 6.37. The van der Waals surface area contributed by atoms with Crippen molar-refractivity contribution in [3.63, 3.8) is 0 Å². The summed E-state index contributed by atoms with van der Waals surface area (Å²) in [7, 11) is 0. The van der Waals surface area contributed by atoms with Gasteiger partial charge in [-0.15, -0.1) is 0 Å². The molecule has 1 aromatic carbocycles. The third-order valence-corrected chi connectivity index (χ3v) is 4.85. The van der Waals surface area contributed by atoms with Gasteiger partial charge < -0.3 is 4.74 Å². The highest BCUT2D eigenvalue weighted by molar-refractivity contribution is 5.68. The Morgan fingerprint density at radius 1 is 1.00 bits per heavy atom. The molecule has 2 fully saturated rings. The summed E-state index contributed by atoms with van der Waals surface area (Å²) in [6, 6.07) is 14.3. The first-order valence-electron chi connectivity index (χ1n) is 8.42. The fraction of sp³-hybridized carbons (Fsp3) is 0.350. The van der Waals surface area contributed by atoms with Crippen LogP contribution in [0.2, 0.25) is 0 Å². The summed E-state index contributed by atoms with van der Waals surface area (Å²) in [5, 5.41) is 0. The van der Waals surface area contributed by atoms with Crippen LogP contribution >= 0.6 is 0 Å². The molecule has 0 aliphatic carbocycles. The van der Waals surface area contributed by atoms with Crippen LogP contribution in [-0.2, 0) is 0 Å². The van der Waals surface area contributed by atoms with Gasteiger partial charge in [0, 0.05) is 25.7 Å². The molecule has 118 valence electrons. The van der Waals surface area contributed by atoms with Gasteiger partial charge in [-0.1, -0.05) is 24.3 Å². The number of fused-ring (bicyclic) bond motifs is 2. The molecule has 3 nitrogen and oxygen atoms in total. The zero-order valence-electron chi connectivity index (χ0n) is 13.3. The second-order valence-corrected chi connectivity index (χ2v) is 6.57. The van der Waals surface area contributed by atoms with Crippen molar-refractivity contribution in [2.24, 2.45) is 0 Å². The lowest BCUT2D eigenvalue weighted by atomic mass is 9.94. The minimum atomic E-state index is 0.0591. The molecule has 2 bridgehead atoms. The molecule has 3 heterocycles. The molecule has 1 unspecified atom stereocenters. The van der Waals surface area contributed by atoms with E-state index in [0.717, 1.165) is 30.0 Å². The van der Waals surface area contributed by atoms with Crippen molar-refractivity contribution in [1.82, 2.24) is 9.88 Å². The van der Waals surface area contributed by atoms with Crippen molar-refractivity contribution in [3.8, 4) is 5.75 Å². The number of rotatable bonds is 4. The van der Waals surface area contributed by atoms with E-state index in [9.17, 15) is 0 Å². The van der Waals surface area contributed by atoms with Crippen LogP contribution in [0.25, 0.3) is 12.2 Å². The van der Waals surface area contributed by atoms with Gasteiger partial charge in [0.15, 0.2) is 0 Å². The van der Waals surface area contributed by atoms with E-state index in [1.165, 1.54) is 25.9 Å². The van der Waals surface area contributed by atoms with Gasteiger partial charge in [-0.3, -0.25) is 9.88 Å². The molecule has 23 heavy (non-hydrogen) atoms. The largest absolute Gasteiger partial charge is 0.486 e. The van der Waals surface area contributed by atoms with Gasteiger partial charge in [-0.25, -0.2) is 0 Å². The van der Waals surface area contributed by atoms with E-state index < -0.39 is 0 Å². The van der Waals surface area contributed by atoms with Gasteiger partial charge in [0.1, 0.15) is 11.4 Å². The van der Waals surface area contributed by atoms with E-state index in [1.54, 1.807) is 0 Å². The van der Waals surface area contributed by atoms with Crippen LogP contribution in [0.3, 0.4) is 0 Å². The molecule has 1 aromatic heterocycles. The molecular formula is C20H22N2O. The van der Waals surface area contributed by atoms with Crippen LogP contribution in [0.4, 0.5) is 0 Å². The van der Waals surface area contributed by atoms with Crippen LogP contribution < -0.4 is 4.74 Å². The van der Waals surface area contributed by atoms with Crippen LogP contribution in [0.5, 0.6) is 5.75 Å². The van der Waals surface area contributed by atoms with Crippen LogP contribution in [-0.4, -0.2) is 35.1 Å². The average molecular weight is 306 g/mol.